The third-order valence-electron chi connectivity index (χ3n) is 0.830. The Labute approximate surface area is 53.4 Å². The molecule has 0 aromatic carbocycles. The summed E-state index contributed by atoms with van der Waals surface area (Å²) in [6, 6.07) is 0.537. The van der Waals surface area contributed by atoms with E-state index >= 15 is 0 Å². The van der Waals surface area contributed by atoms with Crippen LogP contribution in [-0.2, 0) is 0 Å². The average molecular weight is 124 g/mol. The largest absolute Gasteiger partial charge is 0.432 e. The lowest BCUT2D eigenvalue weighted by molar-refractivity contribution is 0.573. The van der Waals surface area contributed by atoms with Gasteiger partial charge in [0, 0.05) is 6.54 Å². The molecular formula is C6H8N2O. The second-order valence-electron chi connectivity index (χ2n) is 1.51. The fourth-order valence-corrected chi connectivity index (χ4v) is 0.470. The van der Waals surface area contributed by atoms with Crippen molar-refractivity contribution >= 4 is 6.01 Å². The van der Waals surface area contributed by atoms with Gasteiger partial charge >= 0.3 is 0 Å². The van der Waals surface area contributed by atoms with Crippen LogP contribution in [0, 0.1) is 0 Å². The van der Waals surface area contributed by atoms with Crippen molar-refractivity contribution in [3.63, 3.8) is 0 Å². The van der Waals surface area contributed by atoms with Crippen LogP contribution in [0.1, 0.15) is 0 Å². The van der Waals surface area contributed by atoms with E-state index in [1.54, 1.807) is 12.3 Å². The van der Waals surface area contributed by atoms with Gasteiger partial charge < -0.3 is 9.73 Å². The molecule has 0 amide bonds. The maximum Gasteiger partial charge on any atom is 0.294 e. The highest BCUT2D eigenvalue weighted by molar-refractivity contribution is 5.18. The van der Waals surface area contributed by atoms with E-state index in [1.165, 1.54) is 6.26 Å². The quantitative estimate of drug-likeness (QED) is 0.616. The number of rotatable bonds is 3. The van der Waals surface area contributed by atoms with E-state index in [9.17, 15) is 0 Å². The zero-order valence-corrected chi connectivity index (χ0v) is 5.00. The van der Waals surface area contributed by atoms with Gasteiger partial charge in [-0.3, -0.25) is 0 Å². The van der Waals surface area contributed by atoms with Crippen molar-refractivity contribution in [1.29, 1.82) is 0 Å². The Morgan fingerprint density at radius 2 is 2.78 bits per heavy atom. The molecule has 0 spiro atoms. The van der Waals surface area contributed by atoms with E-state index in [4.69, 9.17) is 4.42 Å². The average Bonchev–Trinajstić information content (AvgIpc) is 2.34. The molecule has 0 unspecified atom stereocenters. The summed E-state index contributed by atoms with van der Waals surface area (Å²) >= 11 is 0. The maximum absolute atomic E-state index is 4.87. The molecule has 1 rings (SSSR count). The van der Waals surface area contributed by atoms with Gasteiger partial charge in [-0.2, -0.15) is 0 Å². The van der Waals surface area contributed by atoms with E-state index in [0.717, 1.165) is 0 Å². The van der Waals surface area contributed by atoms with Crippen LogP contribution in [-0.4, -0.2) is 11.5 Å². The molecule has 0 fully saturated rings. The lowest BCUT2D eigenvalue weighted by Crippen LogP contribution is -1.96. The first kappa shape index (κ1) is 5.88. The topological polar surface area (TPSA) is 38.1 Å². The summed E-state index contributed by atoms with van der Waals surface area (Å²) in [5, 5.41) is 2.88. The molecule has 1 heterocycles. The summed E-state index contributed by atoms with van der Waals surface area (Å²) in [6.45, 7) is 4.21. The number of hydrogen-bond donors (Lipinski definition) is 1. The Hall–Kier alpha value is -1.25. The molecule has 1 aromatic heterocycles. The number of hydrogen-bond acceptors (Lipinski definition) is 3. The third-order valence-corrected chi connectivity index (χ3v) is 0.830. The van der Waals surface area contributed by atoms with Gasteiger partial charge in [0.25, 0.3) is 6.01 Å². The minimum Gasteiger partial charge on any atom is -0.432 e. The lowest BCUT2D eigenvalue weighted by Gasteiger charge is -1.91. The van der Waals surface area contributed by atoms with Gasteiger partial charge in [-0.25, -0.2) is 4.98 Å². The number of anilines is 1. The third kappa shape index (κ3) is 1.60. The molecule has 3 nitrogen and oxygen atoms in total. The first-order valence-electron chi connectivity index (χ1n) is 2.68. The molecule has 0 aliphatic rings. The molecule has 0 aliphatic carbocycles. The van der Waals surface area contributed by atoms with Gasteiger partial charge in [0.15, 0.2) is 0 Å². The normalized spacial score (nSPS) is 8.89. The first-order chi connectivity index (χ1) is 4.43. The second-order valence-corrected chi connectivity index (χ2v) is 1.51. The Bertz CT molecular complexity index is 169. The first-order valence-corrected chi connectivity index (χ1v) is 2.68. The summed E-state index contributed by atoms with van der Waals surface area (Å²) in [5.74, 6) is 0. The molecule has 0 saturated heterocycles. The number of oxazole rings is 1. The highest BCUT2D eigenvalue weighted by atomic mass is 16.4. The molecule has 0 atom stereocenters. The summed E-state index contributed by atoms with van der Waals surface area (Å²) < 4.78 is 4.87. The number of nitrogens with one attached hydrogen (secondary N) is 1. The van der Waals surface area contributed by atoms with Crippen molar-refractivity contribution in [2.24, 2.45) is 0 Å². The molecule has 0 saturated carbocycles. The molecule has 0 radical (unpaired) electrons. The van der Waals surface area contributed by atoms with Crippen molar-refractivity contribution in [2.75, 3.05) is 11.9 Å². The molecule has 1 aromatic rings. The van der Waals surface area contributed by atoms with Crippen LogP contribution in [0.25, 0.3) is 0 Å². The zero-order chi connectivity index (χ0) is 6.53. The van der Waals surface area contributed by atoms with Crippen molar-refractivity contribution in [2.45, 2.75) is 0 Å². The zero-order valence-electron chi connectivity index (χ0n) is 5.00. The van der Waals surface area contributed by atoms with Crippen LogP contribution in [0.3, 0.4) is 0 Å². The molecule has 0 bridgehead atoms. The van der Waals surface area contributed by atoms with E-state index < -0.39 is 0 Å². The van der Waals surface area contributed by atoms with Crippen molar-refractivity contribution in [3.8, 4) is 0 Å². The summed E-state index contributed by atoms with van der Waals surface area (Å²) in [6.07, 6.45) is 4.85. The Balaban J connectivity index is 2.38. The number of nitrogens with zero attached hydrogens (tertiary/aromatic N) is 1. The Morgan fingerprint density at radius 3 is 3.33 bits per heavy atom. The van der Waals surface area contributed by atoms with E-state index in [0.29, 0.717) is 12.6 Å². The molecular weight excluding hydrogens is 116 g/mol. The van der Waals surface area contributed by atoms with Gasteiger partial charge in [-0.1, -0.05) is 6.08 Å². The second kappa shape index (κ2) is 2.91. The molecule has 9 heavy (non-hydrogen) atoms. The van der Waals surface area contributed by atoms with Gasteiger partial charge in [0.05, 0.1) is 6.20 Å². The molecule has 0 aliphatic heterocycles. The maximum atomic E-state index is 4.87. The highest BCUT2D eigenvalue weighted by Gasteiger charge is 1.89. The van der Waals surface area contributed by atoms with Crippen LogP contribution < -0.4 is 5.32 Å². The Kier molecular flexibility index (Phi) is 1.90. The predicted octanol–water partition coefficient (Wildman–Crippen LogP) is 1.27. The summed E-state index contributed by atoms with van der Waals surface area (Å²) in [5.41, 5.74) is 0. The summed E-state index contributed by atoms with van der Waals surface area (Å²) in [7, 11) is 0. The lowest BCUT2D eigenvalue weighted by atomic mass is 10.6. The van der Waals surface area contributed by atoms with Crippen LogP contribution >= 0.6 is 0 Å². The standard InChI is InChI=1S/C6H8N2O/c1-2-3-7-6-8-4-5-9-6/h2,4-5H,1,3H2,(H,7,8). The van der Waals surface area contributed by atoms with Gasteiger partial charge in [0.2, 0.25) is 0 Å². The monoisotopic (exact) mass is 124 g/mol. The van der Waals surface area contributed by atoms with Crippen molar-refractivity contribution in [3.05, 3.63) is 25.1 Å². The van der Waals surface area contributed by atoms with E-state index in [1.807, 2.05) is 0 Å². The van der Waals surface area contributed by atoms with Crippen LogP contribution in [0.4, 0.5) is 6.01 Å². The Morgan fingerprint density at radius 1 is 1.89 bits per heavy atom. The number of aromatic nitrogens is 1. The minimum atomic E-state index is 0.537. The predicted molar refractivity (Wildman–Crippen MR) is 35.2 cm³/mol. The molecule has 3 heteroatoms. The minimum absolute atomic E-state index is 0.537. The smallest absolute Gasteiger partial charge is 0.294 e. The fourth-order valence-electron chi connectivity index (χ4n) is 0.470. The van der Waals surface area contributed by atoms with Gasteiger partial charge in [-0.15, -0.1) is 6.58 Å². The van der Waals surface area contributed by atoms with Crippen LogP contribution in [0.5, 0.6) is 0 Å². The molecule has 48 valence electrons. The van der Waals surface area contributed by atoms with E-state index in [-0.39, 0.29) is 0 Å². The van der Waals surface area contributed by atoms with Crippen molar-refractivity contribution in [1.82, 2.24) is 4.98 Å². The fraction of sp³-hybridized carbons (Fsp3) is 0.167. The van der Waals surface area contributed by atoms with Crippen LogP contribution in [0.15, 0.2) is 29.5 Å². The van der Waals surface area contributed by atoms with Gasteiger partial charge in [0.1, 0.15) is 6.26 Å². The summed E-state index contributed by atoms with van der Waals surface area (Å²) in [4.78, 5) is 3.83. The van der Waals surface area contributed by atoms with Gasteiger partial charge in [-0.05, 0) is 0 Å². The van der Waals surface area contributed by atoms with Crippen LogP contribution in [0.2, 0.25) is 0 Å². The van der Waals surface area contributed by atoms with Crippen molar-refractivity contribution < 1.29 is 4.42 Å². The highest BCUT2D eigenvalue weighted by Crippen LogP contribution is 1.98. The molecule has 1 N–H and O–H groups in total. The SMILES string of the molecule is C=CCNc1ncco1. The van der Waals surface area contributed by atoms with E-state index in [2.05, 4.69) is 16.9 Å².